The number of rotatable bonds is 6. The Balaban J connectivity index is 1.81. The average molecular weight is 556 g/mol. The second kappa shape index (κ2) is 11.3. The first-order valence-electron chi connectivity index (χ1n) is 13.6. The van der Waals surface area contributed by atoms with Crippen molar-refractivity contribution in [3.8, 4) is 6.07 Å². The average Bonchev–Trinajstić information content (AvgIpc) is 3.21. The predicted octanol–water partition coefficient (Wildman–Crippen LogP) is 2.80. The first-order valence-corrected chi connectivity index (χ1v) is 13.6. The summed E-state index contributed by atoms with van der Waals surface area (Å²) in [5.41, 5.74) is -1.41. The molecule has 0 radical (unpaired) electrons. The molecule has 6 atom stereocenters. The van der Waals surface area contributed by atoms with Crippen molar-refractivity contribution in [1.29, 1.82) is 5.26 Å². The maximum absolute atomic E-state index is 13.7. The maximum Gasteiger partial charge on any atom is 0.471 e. The molecule has 39 heavy (non-hydrogen) atoms. The molecule has 1 aliphatic carbocycles. The Bertz CT molecular complexity index is 1020. The van der Waals surface area contributed by atoms with E-state index in [2.05, 4.69) is 16.7 Å². The Morgan fingerprint density at radius 1 is 1.13 bits per heavy atom. The van der Waals surface area contributed by atoms with Gasteiger partial charge >= 0.3 is 12.1 Å². The first kappa shape index (κ1) is 30.7. The third-order valence-electron chi connectivity index (χ3n) is 8.28. The zero-order valence-corrected chi connectivity index (χ0v) is 23.3. The lowest BCUT2D eigenvalue weighted by Gasteiger charge is -2.37. The molecule has 0 aromatic heterocycles. The van der Waals surface area contributed by atoms with E-state index in [0.29, 0.717) is 12.8 Å². The Hall–Kier alpha value is -2.84. The van der Waals surface area contributed by atoms with Gasteiger partial charge in [0, 0.05) is 18.0 Å². The van der Waals surface area contributed by atoms with Crippen molar-refractivity contribution in [2.24, 2.45) is 23.2 Å². The standard InChI is InChI=1S/C27H40F3N5O4/c1-25(2,3)20(33-24(39)27(28,29)30)23(38)35-14-16-8-6-7-9-18(16)19(35)22(37)32-17(13-31)12-15-10-11-26(4,5)34-21(15)36/h15-20H,6-12,14H2,1-5H3,(H,32,37)(H,33,39)(H,34,36). The van der Waals surface area contributed by atoms with Gasteiger partial charge < -0.3 is 20.9 Å². The molecule has 2 saturated heterocycles. The van der Waals surface area contributed by atoms with Gasteiger partial charge in [0.15, 0.2) is 0 Å². The fourth-order valence-electron chi connectivity index (χ4n) is 6.14. The number of nitrogens with one attached hydrogen (secondary N) is 3. The summed E-state index contributed by atoms with van der Waals surface area (Å²) in [6.07, 6.45) is -0.559. The monoisotopic (exact) mass is 555 g/mol. The molecule has 3 aliphatic rings. The van der Waals surface area contributed by atoms with Crippen LogP contribution in [0.4, 0.5) is 13.2 Å². The van der Waals surface area contributed by atoms with Gasteiger partial charge in [-0.25, -0.2) is 0 Å². The summed E-state index contributed by atoms with van der Waals surface area (Å²) >= 11 is 0. The number of carbonyl (C=O) groups excluding carboxylic acids is 4. The van der Waals surface area contributed by atoms with Crippen LogP contribution in [-0.4, -0.2) is 64.9 Å². The number of nitriles is 1. The van der Waals surface area contributed by atoms with Crippen molar-refractivity contribution in [3.05, 3.63) is 0 Å². The van der Waals surface area contributed by atoms with Crippen LogP contribution >= 0.6 is 0 Å². The topological polar surface area (TPSA) is 131 Å². The van der Waals surface area contributed by atoms with Crippen LogP contribution in [0.1, 0.15) is 79.6 Å². The normalized spacial score (nSPS) is 28.4. The minimum Gasteiger partial charge on any atom is -0.351 e. The van der Waals surface area contributed by atoms with E-state index in [1.54, 1.807) is 20.8 Å². The molecule has 3 fully saturated rings. The smallest absolute Gasteiger partial charge is 0.351 e. The number of likely N-dealkylation sites (tertiary alicyclic amines) is 1. The number of alkyl halides is 3. The molecule has 1 saturated carbocycles. The summed E-state index contributed by atoms with van der Waals surface area (Å²) < 4.78 is 39.2. The van der Waals surface area contributed by atoms with E-state index in [-0.39, 0.29) is 36.2 Å². The summed E-state index contributed by atoms with van der Waals surface area (Å²) in [5.74, 6) is -4.38. The number of fused-ring (bicyclic) bond motifs is 1. The molecular formula is C27H40F3N5O4. The molecule has 6 unspecified atom stereocenters. The van der Waals surface area contributed by atoms with Gasteiger partial charge in [-0.2, -0.15) is 18.4 Å². The quantitative estimate of drug-likeness (QED) is 0.464. The van der Waals surface area contributed by atoms with Gasteiger partial charge in [0.05, 0.1) is 6.07 Å². The number of hydrogen-bond donors (Lipinski definition) is 3. The molecular weight excluding hydrogens is 515 g/mol. The van der Waals surface area contributed by atoms with Gasteiger partial charge in [0.1, 0.15) is 18.1 Å². The highest BCUT2D eigenvalue weighted by Gasteiger charge is 2.52. The number of carbonyl (C=O) groups is 4. The molecule has 9 nitrogen and oxygen atoms in total. The summed E-state index contributed by atoms with van der Waals surface area (Å²) in [4.78, 5) is 53.0. The van der Waals surface area contributed by atoms with E-state index >= 15 is 0 Å². The predicted molar refractivity (Wildman–Crippen MR) is 135 cm³/mol. The van der Waals surface area contributed by atoms with Crippen LogP contribution in [0.5, 0.6) is 0 Å². The number of amides is 4. The van der Waals surface area contributed by atoms with Gasteiger partial charge in [-0.05, 0) is 63.2 Å². The van der Waals surface area contributed by atoms with E-state index in [1.807, 2.05) is 19.2 Å². The second-order valence-corrected chi connectivity index (χ2v) is 12.9. The molecule has 3 rings (SSSR count). The maximum atomic E-state index is 13.7. The first-order chi connectivity index (χ1) is 17.9. The second-order valence-electron chi connectivity index (χ2n) is 12.9. The van der Waals surface area contributed by atoms with Gasteiger partial charge in [0.2, 0.25) is 17.7 Å². The number of nitrogens with zero attached hydrogens (tertiary/aromatic N) is 2. The van der Waals surface area contributed by atoms with Crippen LogP contribution < -0.4 is 16.0 Å². The largest absolute Gasteiger partial charge is 0.471 e. The molecule has 3 N–H and O–H groups in total. The summed E-state index contributed by atoms with van der Waals surface area (Å²) in [7, 11) is 0. The van der Waals surface area contributed by atoms with Crippen molar-refractivity contribution in [2.45, 2.75) is 109 Å². The molecule has 12 heteroatoms. The van der Waals surface area contributed by atoms with Crippen LogP contribution in [0.25, 0.3) is 0 Å². The van der Waals surface area contributed by atoms with Gasteiger partial charge in [-0.3, -0.25) is 19.2 Å². The Morgan fingerprint density at radius 2 is 1.77 bits per heavy atom. The van der Waals surface area contributed by atoms with Gasteiger partial charge in [0.25, 0.3) is 0 Å². The molecule has 0 aromatic carbocycles. The third kappa shape index (κ3) is 7.22. The van der Waals surface area contributed by atoms with E-state index in [4.69, 9.17) is 0 Å². The summed E-state index contributed by atoms with van der Waals surface area (Å²) in [6.45, 7) is 8.66. The molecule has 2 heterocycles. The highest BCUT2D eigenvalue weighted by atomic mass is 19.4. The van der Waals surface area contributed by atoms with E-state index in [9.17, 15) is 37.6 Å². The number of piperidine rings is 1. The molecule has 2 aliphatic heterocycles. The van der Waals surface area contributed by atoms with Gasteiger partial charge in [-0.1, -0.05) is 33.6 Å². The molecule has 218 valence electrons. The van der Waals surface area contributed by atoms with Crippen LogP contribution in [0.2, 0.25) is 0 Å². The molecule has 4 amide bonds. The highest BCUT2D eigenvalue weighted by Crippen LogP contribution is 2.42. The van der Waals surface area contributed by atoms with Crippen LogP contribution in [0.3, 0.4) is 0 Å². The zero-order chi connectivity index (χ0) is 29.3. The third-order valence-corrected chi connectivity index (χ3v) is 8.28. The van der Waals surface area contributed by atoms with Crippen LogP contribution in [0.15, 0.2) is 0 Å². The van der Waals surface area contributed by atoms with E-state index in [0.717, 1.165) is 25.7 Å². The molecule has 0 aromatic rings. The van der Waals surface area contributed by atoms with Crippen molar-refractivity contribution in [1.82, 2.24) is 20.9 Å². The zero-order valence-electron chi connectivity index (χ0n) is 23.3. The fraction of sp³-hybridized carbons (Fsp3) is 0.815. The Morgan fingerprint density at radius 3 is 2.33 bits per heavy atom. The minimum absolute atomic E-state index is 0.00993. The fourth-order valence-corrected chi connectivity index (χ4v) is 6.14. The summed E-state index contributed by atoms with van der Waals surface area (Å²) in [5, 5.41) is 17.3. The van der Waals surface area contributed by atoms with Crippen molar-refractivity contribution < 1.29 is 32.3 Å². The SMILES string of the molecule is CC1(C)CCC(CC(C#N)NC(=O)C2C3CCCCC3CN2C(=O)C(NC(=O)C(F)(F)F)C(C)(C)C)C(=O)N1. The lowest BCUT2D eigenvalue weighted by molar-refractivity contribution is -0.176. The van der Waals surface area contributed by atoms with Crippen molar-refractivity contribution >= 4 is 23.6 Å². The van der Waals surface area contributed by atoms with Crippen LogP contribution in [0, 0.1) is 34.5 Å². The molecule has 0 bridgehead atoms. The minimum atomic E-state index is -5.17. The van der Waals surface area contributed by atoms with E-state index in [1.165, 1.54) is 4.90 Å². The lowest BCUT2D eigenvalue weighted by atomic mass is 9.78. The van der Waals surface area contributed by atoms with Crippen molar-refractivity contribution in [3.63, 3.8) is 0 Å². The Kier molecular flexibility index (Phi) is 8.92. The number of hydrogen-bond acceptors (Lipinski definition) is 5. The number of halogens is 3. The highest BCUT2D eigenvalue weighted by molar-refractivity contribution is 5.94. The van der Waals surface area contributed by atoms with Crippen molar-refractivity contribution in [2.75, 3.05) is 6.54 Å². The lowest BCUT2D eigenvalue weighted by Crippen LogP contribution is -2.60. The van der Waals surface area contributed by atoms with E-state index < -0.39 is 53.4 Å². The summed E-state index contributed by atoms with van der Waals surface area (Å²) in [6, 6.07) is -1.41. The van der Waals surface area contributed by atoms with Gasteiger partial charge in [-0.15, -0.1) is 0 Å². The molecule has 0 spiro atoms. The van der Waals surface area contributed by atoms with Crippen LogP contribution in [-0.2, 0) is 19.2 Å². The Labute approximate surface area is 227 Å².